The van der Waals surface area contributed by atoms with Crippen molar-refractivity contribution in [2.24, 2.45) is 5.92 Å². The third-order valence-corrected chi connectivity index (χ3v) is 17.2. The molecule has 9 rings (SSSR count). The minimum absolute atomic E-state index is 0.00616. The number of amides is 2. The van der Waals surface area contributed by atoms with Crippen LogP contribution in [0.1, 0.15) is 40.5 Å². The van der Waals surface area contributed by atoms with Gasteiger partial charge in [0.1, 0.15) is 17.2 Å². The highest BCUT2D eigenvalue weighted by Crippen LogP contribution is 2.60. The van der Waals surface area contributed by atoms with E-state index in [1.807, 2.05) is 102 Å². The lowest BCUT2D eigenvalue weighted by atomic mass is 9.82. The van der Waals surface area contributed by atoms with Crippen molar-refractivity contribution in [3.8, 4) is 23.0 Å². The molecule has 61 heavy (non-hydrogen) atoms. The van der Waals surface area contributed by atoms with Crippen LogP contribution in [0.2, 0.25) is 18.6 Å². The Hall–Kier alpha value is -6.28. The lowest BCUT2D eigenvalue weighted by Gasteiger charge is -2.37. The summed E-state index contributed by atoms with van der Waals surface area (Å²) < 4.78 is 26.8. The van der Waals surface area contributed by atoms with Gasteiger partial charge in [-0.1, -0.05) is 78.9 Å². The average Bonchev–Trinajstić information content (AvgIpc) is 3.90. The highest BCUT2D eigenvalue weighted by atomic mass is 28.3. The average molecular weight is 836 g/mol. The number of anilines is 3. The Morgan fingerprint density at radius 1 is 0.836 bits per heavy atom. The molecule has 0 bridgehead atoms. The van der Waals surface area contributed by atoms with E-state index < -0.39 is 13.7 Å². The Labute approximate surface area is 356 Å². The van der Waals surface area contributed by atoms with Crippen molar-refractivity contribution in [3.05, 3.63) is 144 Å². The van der Waals surface area contributed by atoms with E-state index >= 15 is 4.79 Å². The Balaban J connectivity index is 1.10. The van der Waals surface area contributed by atoms with Crippen molar-refractivity contribution in [2.45, 2.75) is 63.2 Å². The summed E-state index contributed by atoms with van der Waals surface area (Å²) in [7, 11) is 0.884. The summed E-state index contributed by atoms with van der Waals surface area (Å²) in [6.45, 7) is 7.65. The van der Waals surface area contributed by atoms with E-state index in [0.29, 0.717) is 53.6 Å². The molecule has 4 atom stereocenters. The van der Waals surface area contributed by atoms with Crippen LogP contribution in [0, 0.1) is 5.92 Å². The highest BCUT2D eigenvalue weighted by Gasteiger charge is 2.66. The number of nitrogens with zero attached hydrogens (tertiary/aromatic N) is 5. The van der Waals surface area contributed by atoms with Gasteiger partial charge in [-0.3, -0.25) is 19.2 Å². The van der Waals surface area contributed by atoms with E-state index in [4.69, 9.17) is 18.9 Å². The molecule has 312 valence electrons. The van der Waals surface area contributed by atoms with Crippen molar-refractivity contribution in [1.29, 1.82) is 0 Å². The lowest BCUT2D eigenvalue weighted by molar-refractivity contribution is -0.146. The van der Waals surface area contributed by atoms with Gasteiger partial charge >= 0.3 is 0 Å². The summed E-state index contributed by atoms with van der Waals surface area (Å²) in [4.78, 5) is 33.4. The first kappa shape index (κ1) is 40.1. The van der Waals surface area contributed by atoms with Crippen LogP contribution in [0.15, 0.2) is 121 Å². The van der Waals surface area contributed by atoms with Gasteiger partial charge in [0.25, 0.3) is 11.8 Å². The van der Waals surface area contributed by atoms with Gasteiger partial charge in [-0.25, -0.2) is 0 Å². The monoisotopic (exact) mass is 835 g/mol. The van der Waals surface area contributed by atoms with Crippen LogP contribution in [-0.4, -0.2) is 66.9 Å². The molecule has 0 radical (unpaired) electrons. The number of aromatic nitrogens is 3. The predicted molar refractivity (Wildman–Crippen MR) is 235 cm³/mol. The van der Waals surface area contributed by atoms with Gasteiger partial charge < -0.3 is 29.0 Å². The first-order valence-corrected chi connectivity index (χ1v) is 23.8. The molecule has 0 unspecified atom stereocenters. The molecule has 1 fully saturated rings. The van der Waals surface area contributed by atoms with Crippen LogP contribution in [0.25, 0.3) is 0 Å². The number of carbonyl (C=O) groups is 2. The molecule has 5 aromatic carbocycles. The van der Waals surface area contributed by atoms with Gasteiger partial charge in [0.05, 0.1) is 57.6 Å². The Kier molecular flexibility index (Phi) is 10.5. The van der Waals surface area contributed by atoms with E-state index in [1.165, 1.54) is 5.19 Å². The normalized spacial score (nSPS) is 20.6. The van der Waals surface area contributed by atoms with E-state index in [2.05, 4.69) is 42.5 Å². The second-order valence-electron chi connectivity index (χ2n) is 16.5. The molecule has 1 saturated heterocycles. The summed E-state index contributed by atoms with van der Waals surface area (Å²) in [5.41, 5.74) is 3.53. The molecule has 0 saturated carbocycles. The van der Waals surface area contributed by atoms with Gasteiger partial charge in [0.15, 0.2) is 11.4 Å². The van der Waals surface area contributed by atoms with Crippen LogP contribution >= 0.6 is 0 Å². The number of rotatable bonds is 12. The van der Waals surface area contributed by atoms with Crippen LogP contribution < -0.4 is 29.2 Å². The standard InChI is InChI=1S/C48H49N5O7Si/c1-31-45(61(4,5)37-20-17-35(57-2)18-21-37)44(23-25-51-30-33(24-26-54)49-50-51)60-48(31)39-28-36(58-3)19-22-40(39)52(47(48)56)29-32-11-10-12-34(27-32)53-41-14-7-9-16-43(41)59-42-15-8-6-13-38(42)46(53)55/h6-22,27-28,30-31,44-45,54H,23-26,29H2,1-5H3/t31-,44+,45-,48+/m0/s1. The topological polar surface area (TPSA) is 128 Å². The van der Waals surface area contributed by atoms with Crippen LogP contribution in [-0.2, 0) is 34.6 Å². The molecule has 1 aromatic heterocycles. The number of hydrogen-bond donors (Lipinski definition) is 1. The SMILES string of the molecule is COc1ccc([Si](C)(C)[C@@H]2[C@@H](CCn3cc(CCO)nn3)O[C@]3(C(=O)N(Cc4cccc(N5C(=O)c6ccccc6Oc6ccccc65)c4)c4ccc(OC)cc43)[C@H]2C)cc1. The third kappa shape index (κ3) is 6.86. The van der Waals surface area contributed by atoms with Gasteiger partial charge in [0, 0.05) is 42.9 Å². The zero-order chi connectivity index (χ0) is 42.5. The number of ether oxygens (including phenoxy) is 4. The molecule has 3 aliphatic heterocycles. The first-order chi connectivity index (χ1) is 29.6. The summed E-state index contributed by atoms with van der Waals surface area (Å²) in [5, 5.41) is 19.3. The molecule has 12 nitrogen and oxygen atoms in total. The van der Waals surface area contributed by atoms with Crippen LogP contribution in [0.3, 0.4) is 0 Å². The number of para-hydroxylation sites is 3. The maximum atomic E-state index is 15.6. The number of benzene rings is 5. The predicted octanol–water partition coefficient (Wildman–Crippen LogP) is 7.77. The number of carbonyl (C=O) groups excluding carboxylic acids is 2. The third-order valence-electron chi connectivity index (χ3n) is 12.8. The number of aryl methyl sites for hydroxylation is 1. The summed E-state index contributed by atoms with van der Waals surface area (Å²) in [5.74, 6) is 1.90. The quantitative estimate of drug-likeness (QED) is 0.123. The smallest absolute Gasteiger partial charge is 0.266 e. The molecule has 2 amide bonds. The van der Waals surface area contributed by atoms with Gasteiger partial charge in [0.2, 0.25) is 0 Å². The largest absolute Gasteiger partial charge is 0.497 e. The molecule has 3 aliphatic rings. The summed E-state index contributed by atoms with van der Waals surface area (Å²) >= 11 is 0. The maximum Gasteiger partial charge on any atom is 0.266 e. The maximum absolute atomic E-state index is 15.6. The number of hydrogen-bond acceptors (Lipinski definition) is 9. The van der Waals surface area contributed by atoms with Crippen molar-refractivity contribution in [3.63, 3.8) is 0 Å². The molecule has 0 aliphatic carbocycles. The minimum atomic E-state index is -2.42. The van der Waals surface area contributed by atoms with Gasteiger partial charge in [-0.15, -0.1) is 5.10 Å². The summed E-state index contributed by atoms with van der Waals surface area (Å²) in [6, 6.07) is 36.7. The molecular weight excluding hydrogens is 787 g/mol. The second-order valence-corrected chi connectivity index (χ2v) is 21.2. The Morgan fingerprint density at radius 2 is 1.57 bits per heavy atom. The van der Waals surface area contributed by atoms with Crippen molar-refractivity contribution in [1.82, 2.24) is 15.0 Å². The van der Waals surface area contributed by atoms with Gasteiger partial charge in [-0.2, -0.15) is 0 Å². The number of methoxy groups -OCH3 is 2. The first-order valence-electron chi connectivity index (χ1n) is 20.7. The van der Waals surface area contributed by atoms with Crippen LogP contribution in [0.4, 0.5) is 17.1 Å². The second kappa shape index (κ2) is 16.0. The van der Waals surface area contributed by atoms with Crippen molar-refractivity contribution < 1.29 is 33.6 Å². The Bertz CT molecular complexity index is 2610. The van der Waals surface area contributed by atoms with Crippen molar-refractivity contribution >= 4 is 42.1 Å². The minimum Gasteiger partial charge on any atom is -0.497 e. The number of aliphatic hydroxyl groups excluding tert-OH is 1. The van der Waals surface area contributed by atoms with E-state index in [0.717, 1.165) is 28.3 Å². The molecule has 6 aromatic rings. The number of fused-ring (bicyclic) bond motifs is 4. The molecule has 1 N–H and O–H groups in total. The molecule has 13 heteroatoms. The van der Waals surface area contributed by atoms with Crippen LogP contribution in [0.5, 0.6) is 23.0 Å². The van der Waals surface area contributed by atoms with E-state index in [-0.39, 0.29) is 42.5 Å². The summed E-state index contributed by atoms with van der Waals surface area (Å²) in [6.07, 6.45) is 2.58. The highest BCUT2D eigenvalue weighted by molar-refractivity contribution is 6.91. The lowest BCUT2D eigenvalue weighted by Crippen LogP contribution is -2.51. The molecular formula is C48H49N5O7Si. The number of aliphatic hydroxyl groups is 1. The fraction of sp³-hybridized carbons (Fsp3) is 0.292. The fourth-order valence-electron chi connectivity index (χ4n) is 9.82. The van der Waals surface area contributed by atoms with E-state index in [9.17, 15) is 9.90 Å². The zero-order valence-electron chi connectivity index (χ0n) is 34.9. The van der Waals surface area contributed by atoms with Crippen molar-refractivity contribution in [2.75, 3.05) is 30.6 Å². The fourth-order valence-corrected chi connectivity index (χ4v) is 13.9. The van der Waals surface area contributed by atoms with Gasteiger partial charge in [-0.05, 0) is 84.3 Å². The zero-order valence-corrected chi connectivity index (χ0v) is 35.9. The Morgan fingerprint density at radius 3 is 2.34 bits per heavy atom. The molecule has 4 heterocycles. The van der Waals surface area contributed by atoms with E-state index in [1.54, 1.807) is 35.9 Å². The molecule has 1 spiro atoms.